The van der Waals surface area contributed by atoms with E-state index in [9.17, 15) is 19.1 Å². The molecule has 3 heterocycles. The number of aliphatic hydroxyl groups is 1. The number of carbonyl (C=O) groups excluding carboxylic acids is 2. The van der Waals surface area contributed by atoms with Crippen LogP contribution in [-0.2, 0) is 0 Å². The summed E-state index contributed by atoms with van der Waals surface area (Å²) in [6.45, 7) is 3.91. The van der Waals surface area contributed by atoms with Crippen LogP contribution in [-0.4, -0.2) is 80.6 Å². The highest BCUT2D eigenvalue weighted by Crippen LogP contribution is 2.31. The molecular formula is C26H28FN5O4. The number of rotatable bonds is 6. The lowest BCUT2D eigenvalue weighted by molar-refractivity contribution is 0.0312. The van der Waals surface area contributed by atoms with Gasteiger partial charge in [-0.15, -0.1) is 0 Å². The molecule has 0 saturated heterocycles. The second-order valence-electron chi connectivity index (χ2n) is 8.96. The average Bonchev–Trinajstić information content (AvgIpc) is 2.90. The summed E-state index contributed by atoms with van der Waals surface area (Å²) in [5.41, 5.74) is 1.11. The van der Waals surface area contributed by atoms with Gasteiger partial charge in [0.15, 0.2) is 0 Å². The van der Waals surface area contributed by atoms with Crippen molar-refractivity contribution in [1.29, 1.82) is 0 Å². The second-order valence-corrected chi connectivity index (χ2v) is 8.96. The number of fused-ring (bicyclic) bond motifs is 1. The van der Waals surface area contributed by atoms with Crippen LogP contribution in [0.1, 0.15) is 34.7 Å². The molecule has 0 unspecified atom stereocenters. The summed E-state index contributed by atoms with van der Waals surface area (Å²) >= 11 is 0. The minimum atomic E-state index is -0.525. The first kappa shape index (κ1) is 25.2. The molecule has 0 saturated carbocycles. The molecule has 3 atom stereocenters. The standard InChI is InChI=1S/C26H28FN5O4/c1-16-13-32(17(2)15-33)25(34)20-10-18(19-6-4-5-7-21(19)27)11-30-24(20)36-23(16)14-31(3)26(35)22-12-28-8-9-29-22/h4-12,16-17,23,33H,13-15H2,1-3H3/t16-,17-,23+/m1/s1. The zero-order chi connectivity index (χ0) is 25.8. The third-order valence-electron chi connectivity index (χ3n) is 6.29. The topological polar surface area (TPSA) is 109 Å². The molecule has 2 aromatic heterocycles. The van der Waals surface area contributed by atoms with Gasteiger partial charge in [-0.1, -0.05) is 25.1 Å². The van der Waals surface area contributed by atoms with Crippen LogP contribution in [0.5, 0.6) is 5.88 Å². The summed E-state index contributed by atoms with van der Waals surface area (Å²) in [4.78, 5) is 41.8. The predicted octanol–water partition coefficient (Wildman–Crippen LogP) is 2.67. The summed E-state index contributed by atoms with van der Waals surface area (Å²) in [7, 11) is 1.64. The summed E-state index contributed by atoms with van der Waals surface area (Å²) in [5.74, 6) is -1.24. The number of nitrogens with zero attached hydrogens (tertiary/aromatic N) is 5. The van der Waals surface area contributed by atoms with Gasteiger partial charge < -0.3 is 19.6 Å². The molecule has 3 aromatic rings. The highest BCUT2D eigenvalue weighted by molar-refractivity contribution is 5.98. The number of pyridine rings is 1. The van der Waals surface area contributed by atoms with E-state index in [-0.39, 0.29) is 54.6 Å². The molecule has 9 nitrogen and oxygen atoms in total. The fourth-order valence-electron chi connectivity index (χ4n) is 4.12. The Labute approximate surface area is 208 Å². The Bertz CT molecular complexity index is 1240. The van der Waals surface area contributed by atoms with Crippen LogP contribution in [0.25, 0.3) is 11.1 Å². The maximum Gasteiger partial charge on any atom is 0.273 e. The SMILES string of the molecule is C[C@@H]1CN([C@H](C)CO)C(=O)c2cc(-c3ccccc3F)cnc2O[C@H]1CN(C)C(=O)c1cnccn1. The fraction of sp³-hybridized carbons (Fsp3) is 0.346. The minimum absolute atomic E-state index is 0.0899. The van der Waals surface area contributed by atoms with Crippen molar-refractivity contribution >= 4 is 11.8 Å². The maximum atomic E-state index is 14.4. The molecule has 4 rings (SSSR count). The summed E-state index contributed by atoms with van der Waals surface area (Å²) in [6, 6.07) is 7.33. The minimum Gasteiger partial charge on any atom is -0.472 e. The highest BCUT2D eigenvalue weighted by atomic mass is 19.1. The van der Waals surface area contributed by atoms with Crippen LogP contribution in [0.3, 0.4) is 0 Å². The van der Waals surface area contributed by atoms with E-state index >= 15 is 0 Å². The van der Waals surface area contributed by atoms with Gasteiger partial charge in [0.1, 0.15) is 23.2 Å². The number of aromatic nitrogens is 3. The molecule has 0 spiro atoms. The normalized spacial score (nSPS) is 18.5. The fourth-order valence-corrected chi connectivity index (χ4v) is 4.12. The van der Waals surface area contributed by atoms with Crippen molar-refractivity contribution in [2.45, 2.75) is 26.0 Å². The van der Waals surface area contributed by atoms with Gasteiger partial charge in [-0.25, -0.2) is 14.4 Å². The monoisotopic (exact) mass is 493 g/mol. The molecule has 10 heteroatoms. The molecular weight excluding hydrogens is 465 g/mol. The summed E-state index contributed by atoms with van der Waals surface area (Å²) < 4.78 is 20.7. The molecule has 188 valence electrons. The van der Waals surface area contributed by atoms with Crippen molar-refractivity contribution in [2.24, 2.45) is 5.92 Å². The van der Waals surface area contributed by atoms with Gasteiger partial charge in [0.05, 0.1) is 25.4 Å². The van der Waals surface area contributed by atoms with Gasteiger partial charge in [0, 0.05) is 49.2 Å². The number of ether oxygens (including phenoxy) is 1. The number of amides is 2. The molecule has 1 aromatic carbocycles. The third-order valence-corrected chi connectivity index (χ3v) is 6.29. The Morgan fingerprint density at radius 2 is 2.03 bits per heavy atom. The lowest BCUT2D eigenvalue weighted by Gasteiger charge is -2.37. The van der Waals surface area contributed by atoms with Gasteiger partial charge >= 0.3 is 0 Å². The maximum absolute atomic E-state index is 14.4. The molecule has 0 radical (unpaired) electrons. The first-order chi connectivity index (χ1) is 17.3. The van der Waals surface area contributed by atoms with Crippen LogP contribution in [0.2, 0.25) is 0 Å². The largest absolute Gasteiger partial charge is 0.472 e. The predicted molar refractivity (Wildman–Crippen MR) is 130 cm³/mol. The van der Waals surface area contributed by atoms with E-state index in [1.807, 2.05) is 6.92 Å². The molecule has 0 bridgehead atoms. The van der Waals surface area contributed by atoms with E-state index in [1.54, 1.807) is 43.1 Å². The van der Waals surface area contributed by atoms with Crippen molar-refractivity contribution < 1.29 is 23.8 Å². The number of carbonyl (C=O) groups is 2. The van der Waals surface area contributed by atoms with Crippen molar-refractivity contribution in [3.8, 4) is 17.0 Å². The lowest BCUT2D eigenvalue weighted by atomic mass is 9.99. The Morgan fingerprint density at radius 1 is 1.25 bits per heavy atom. The van der Waals surface area contributed by atoms with Crippen molar-refractivity contribution in [1.82, 2.24) is 24.8 Å². The van der Waals surface area contributed by atoms with Crippen molar-refractivity contribution in [2.75, 3.05) is 26.7 Å². The molecule has 1 aliphatic rings. The van der Waals surface area contributed by atoms with E-state index < -0.39 is 18.0 Å². The number of hydrogen-bond acceptors (Lipinski definition) is 7. The second kappa shape index (κ2) is 10.8. The average molecular weight is 494 g/mol. The van der Waals surface area contributed by atoms with E-state index in [4.69, 9.17) is 4.74 Å². The first-order valence-corrected chi connectivity index (χ1v) is 11.6. The van der Waals surface area contributed by atoms with Crippen LogP contribution in [0.15, 0.2) is 55.1 Å². The number of aliphatic hydroxyl groups excluding tert-OH is 1. The van der Waals surface area contributed by atoms with Crippen LogP contribution in [0.4, 0.5) is 4.39 Å². The Morgan fingerprint density at radius 3 is 2.72 bits per heavy atom. The molecule has 36 heavy (non-hydrogen) atoms. The van der Waals surface area contributed by atoms with Gasteiger partial charge in [-0.3, -0.25) is 14.6 Å². The first-order valence-electron chi connectivity index (χ1n) is 11.6. The Balaban J connectivity index is 1.70. The third kappa shape index (κ3) is 5.18. The number of halogens is 1. The van der Waals surface area contributed by atoms with Crippen molar-refractivity contribution in [3.63, 3.8) is 0 Å². The van der Waals surface area contributed by atoms with Gasteiger partial charge in [0.2, 0.25) is 5.88 Å². The number of hydrogen-bond donors (Lipinski definition) is 1. The number of likely N-dealkylation sites (N-methyl/N-ethyl adjacent to an activating group) is 1. The highest BCUT2D eigenvalue weighted by Gasteiger charge is 2.35. The van der Waals surface area contributed by atoms with Gasteiger partial charge in [0.25, 0.3) is 11.8 Å². The van der Waals surface area contributed by atoms with E-state index in [0.29, 0.717) is 11.1 Å². The molecule has 0 fully saturated rings. The molecule has 1 aliphatic heterocycles. The number of benzene rings is 1. The van der Waals surface area contributed by atoms with Crippen LogP contribution in [0, 0.1) is 11.7 Å². The molecule has 2 amide bonds. The van der Waals surface area contributed by atoms with Crippen LogP contribution >= 0.6 is 0 Å². The smallest absolute Gasteiger partial charge is 0.273 e. The van der Waals surface area contributed by atoms with Crippen LogP contribution < -0.4 is 4.74 Å². The quantitative estimate of drug-likeness (QED) is 0.562. The Kier molecular flexibility index (Phi) is 7.54. The van der Waals surface area contributed by atoms with E-state index in [2.05, 4.69) is 15.0 Å². The zero-order valence-corrected chi connectivity index (χ0v) is 20.3. The van der Waals surface area contributed by atoms with E-state index in [0.717, 1.165) is 0 Å². The Hall–Kier alpha value is -3.92. The van der Waals surface area contributed by atoms with Gasteiger partial charge in [-0.2, -0.15) is 0 Å². The van der Waals surface area contributed by atoms with Gasteiger partial charge in [-0.05, 0) is 19.1 Å². The summed E-state index contributed by atoms with van der Waals surface area (Å²) in [6.07, 6.45) is 5.27. The zero-order valence-electron chi connectivity index (χ0n) is 20.3. The lowest BCUT2D eigenvalue weighted by Crippen LogP contribution is -2.50. The molecule has 1 N–H and O–H groups in total. The van der Waals surface area contributed by atoms with E-state index in [1.165, 1.54) is 35.8 Å². The molecule has 0 aliphatic carbocycles. The summed E-state index contributed by atoms with van der Waals surface area (Å²) in [5, 5.41) is 9.82. The van der Waals surface area contributed by atoms with Crippen molar-refractivity contribution in [3.05, 3.63) is 72.2 Å².